The van der Waals surface area contributed by atoms with Crippen molar-refractivity contribution in [3.05, 3.63) is 47.9 Å². The van der Waals surface area contributed by atoms with Crippen molar-refractivity contribution < 1.29 is 0 Å². The number of hydrogen-bond donors (Lipinski definition) is 1. The first-order chi connectivity index (χ1) is 8.08. The number of hydrogen-bond acceptors (Lipinski definition) is 2. The maximum absolute atomic E-state index is 3.55. The molecule has 0 fully saturated rings. The lowest BCUT2D eigenvalue weighted by atomic mass is 10.2. The zero-order chi connectivity index (χ0) is 12.4. The first-order valence-electron chi connectivity index (χ1n) is 5.02. The van der Waals surface area contributed by atoms with E-state index < -0.39 is 0 Å². The molecule has 1 aromatic carbocycles. The Bertz CT molecular complexity index is 504. The molecule has 17 heavy (non-hydrogen) atoms. The monoisotopic (exact) mass is 437 g/mol. The minimum Gasteiger partial charge on any atom is -0.376 e. The molecule has 0 amide bonds. The average Bonchev–Trinajstić information content (AvgIpc) is 2.70. The van der Waals surface area contributed by atoms with Crippen molar-refractivity contribution >= 4 is 64.8 Å². The Hall–Kier alpha value is 0.160. The fraction of sp³-hybridized carbons (Fsp3) is 0.167. The van der Waals surface area contributed by atoms with Crippen LogP contribution in [-0.4, -0.2) is 0 Å². The Morgan fingerprint density at radius 1 is 1.18 bits per heavy atom. The number of benzene rings is 1. The largest absolute Gasteiger partial charge is 0.376 e. The van der Waals surface area contributed by atoms with Crippen LogP contribution < -0.4 is 5.32 Å². The van der Waals surface area contributed by atoms with Gasteiger partial charge in [-0.1, -0.05) is 6.07 Å². The van der Waals surface area contributed by atoms with Gasteiger partial charge in [0.15, 0.2) is 0 Å². The van der Waals surface area contributed by atoms with Gasteiger partial charge in [-0.25, -0.2) is 0 Å². The number of halogens is 3. The summed E-state index contributed by atoms with van der Waals surface area (Å²) < 4.78 is 3.26. The third-order valence-electron chi connectivity index (χ3n) is 2.34. The van der Waals surface area contributed by atoms with Crippen LogP contribution in [0.5, 0.6) is 0 Å². The molecule has 0 saturated carbocycles. The minimum absolute atomic E-state index is 0.279. The molecular weight excluding hydrogens is 430 g/mol. The zero-order valence-electron chi connectivity index (χ0n) is 9.01. The van der Waals surface area contributed by atoms with E-state index in [9.17, 15) is 0 Å². The van der Waals surface area contributed by atoms with Crippen molar-refractivity contribution in [3.63, 3.8) is 0 Å². The van der Waals surface area contributed by atoms with Gasteiger partial charge < -0.3 is 5.32 Å². The third kappa shape index (κ3) is 3.34. The summed E-state index contributed by atoms with van der Waals surface area (Å²) in [7, 11) is 0. The van der Waals surface area contributed by atoms with E-state index in [1.165, 1.54) is 4.88 Å². The molecule has 0 radical (unpaired) electrons. The summed E-state index contributed by atoms with van der Waals surface area (Å²) in [4.78, 5) is 1.31. The molecule has 5 heteroatoms. The van der Waals surface area contributed by atoms with Crippen LogP contribution in [0, 0.1) is 0 Å². The molecule has 1 N–H and O–H groups in total. The van der Waals surface area contributed by atoms with E-state index in [0.29, 0.717) is 0 Å². The normalized spacial score (nSPS) is 12.5. The lowest BCUT2D eigenvalue weighted by Gasteiger charge is -2.16. The van der Waals surface area contributed by atoms with Crippen LogP contribution in [-0.2, 0) is 0 Å². The number of thiophene rings is 1. The van der Waals surface area contributed by atoms with Crippen LogP contribution in [0.1, 0.15) is 17.8 Å². The van der Waals surface area contributed by atoms with Crippen molar-refractivity contribution in [1.82, 2.24) is 0 Å². The predicted octanol–water partition coefficient (Wildman–Crippen LogP) is 6.21. The zero-order valence-corrected chi connectivity index (χ0v) is 14.6. The quantitative estimate of drug-likeness (QED) is 0.599. The molecule has 2 aromatic rings. The molecule has 90 valence electrons. The van der Waals surface area contributed by atoms with Crippen molar-refractivity contribution in [2.24, 2.45) is 0 Å². The van der Waals surface area contributed by atoms with E-state index in [2.05, 4.69) is 71.5 Å². The van der Waals surface area contributed by atoms with Gasteiger partial charge in [0.25, 0.3) is 0 Å². The van der Waals surface area contributed by atoms with Gasteiger partial charge in [0.05, 0.1) is 11.7 Å². The standard InChI is InChI=1S/C12H10Br3NS/c1-7(11-5-8(13)6-17-11)16-12-9(14)3-2-4-10(12)15/h2-7,16H,1H3. The molecule has 1 unspecified atom stereocenters. The van der Waals surface area contributed by atoms with Gasteiger partial charge >= 0.3 is 0 Å². The van der Waals surface area contributed by atoms with E-state index in [1.54, 1.807) is 11.3 Å². The summed E-state index contributed by atoms with van der Waals surface area (Å²) >= 11 is 12.3. The van der Waals surface area contributed by atoms with Crippen LogP contribution in [0.15, 0.2) is 43.1 Å². The van der Waals surface area contributed by atoms with E-state index in [-0.39, 0.29) is 6.04 Å². The molecule has 0 aliphatic heterocycles. The highest BCUT2D eigenvalue weighted by molar-refractivity contribution is 9.11. The van der Waals surface area contributed by atoms with Gasteiger partial charge in [-0.05, 0) is 72.9 Å². The minimum atomic E-state index is 0.279. The van der Waals surface area contributed by atoms with Crippen LogP contribution in [0.2, 0.25) is 0 Å². The van der Waals surface area contributed by atoms with Crippen LogP contribution in [0.25, 0.3) is 0 Å². The molecular formula is C12H10Br3NS. The van der Waals surface area contributed by atoms with Gasteiger partial charge in [-0.15, -0.1) is 11.3 Å². The molecule has 0 spiro atoms. The number of rotatable bonds is 3. The second-order valence-electron chi connectivity index (χ2n) is 3.63. The van der Waals surface area contributed by atoms with Gasteiger partial charge in [-0.3, -0.25) is 0 Å². The molecule has 1 atom stereocenters. The first-order valence-corrected chi connectivity index (χ1v) is 8.28. The van der Waals surface area contributed by atoms with Crippen LogP contribution >= 0.6 is 59.1 Å². The van der Waals surface area contributed by atoms with Crippen LogP contribution in [0.3, 0.4) is 0 Å². The Morgan fingerprint density at radius 3 is 2.35 bits per heavy atom. The lowest BCUT2D eigenvalue weighted by molar-refractivity contribution is 0.905. The SMILES string of the molecule is CC(Nc1c(Br)cccc1Br)c1cc(Br)cs1. The fourth-order valence-corrected chi connectivity index (χ4v) is 4.16. The number of nitrogens with one attached hydrogen (secondary N) is 1. The van der Waals surface area contributed by atoms with E-state index in [0.717, 1.165) is 19.1 Å². The fourth-order valence-electron chi connectivity index (χ4n) is 1.48. The van der Waals surface area contributed by atoms with Crippen molar-refractivity contribution in [3.8, 4) is 0 Å². The van der Waals surface area contributed by atoms with Gasteiger partial charge in [0.2, 0.25) is 0 Å². The average molecular weight is 440 g/mol. The highest BCUT2D eigenvalue weighted by Gasteiger charge is 2.11. The van der Waals surface area contributed by atoms with Crippen molar-refractivity contribution in [2.75, 3.05) is 5.32 Å². The summed E-state index contributed by atoms with van der Waals surface area (Å²) in [6.45, 7) is 2.16. The maximum atomic E-state index is 3.55. The number of anilines is 1. The Morgan fingerprint density at radius 2 is 1.82 bits per heavy atom. The highest BCUT2D eigenvalue weighted by Crippen LogP contribution is 2.35. The molecule has 0 aliphatic carbocycles. The van der Waals surface area contributed by atoms with Gasteiger partial charge in [-0.2, -0.15) is 0 Å². The summed E-state index contributed by atoms with van der Waals surface area (Å²) in [6.07, 6.45) is 0. The third-order valence-corrected chi connectivity index (χ3v) is 5.54. The van der Waals surface area contributed by atoms with E-state index in [4.69, 9.17) is 0 Å². The van der Waals surface area contributed by atoms with Crippen LogP contribution in [0.4, 0.5) is 5.69 Å². The Labute approximate surface area is 130 Å². The Kier molecular flexibility index (Phi) is 4.69. The maximum Gasteiger partial charge on any atom is 0.0633 e. The van der Waals surface area contributed by atoms with E-state index in [1.807, 2.05) is 18.2 Å². The summed E-state index contributed by atoms with van der Waals surface area (Å²) in [5, 5.41) is 5.60. The highest BCUT2D eigenvalue weighted by atomic mass is 79.9. The molecule has 2 rings (SSSR count). The molecule has 1 heterocycles. The lowest BCUT2D eigenvalue weighted by Crippen LogP contribution is -2.05. The molecule has 0 aliphatic rings. The second-order valence-corrected chi connectivity index (χ2v) is 7.20. The first kappa shape index (κ1) is 13.6. The molecule has 1 aromatic heterocycles. The predicted molar refractivity (Wildman–Crippen MR) is 85.9 cm³/mol. The smallest absolute Gasteiger partial charge is 0.0633 e. The van der Waals surface area contributed by atoms with E-state index >= 15 is 0 Å². The molecule has 0 saturated heterocycles. The second kappa shape index (κ2) is 5.87. The van der Waals surface area contributed by atoms with Gasteiger partial charge in [0, 0.05) is 23.7 Å². The summed E-state index contributed by atoms with van der Waals surface area (Å²) in [6, 6.07) is 8.49. The summed E-state index contributed by atoms with van der Waals surface area (Å²) in [5.41, 5.74) is 1.09. The molecule has 1 nitrogen and oxygen atoms in total. The Balaban J connectivity index is 2.21. The van der Waals surface area contributed by atoms with Crippen molar-refractivity contribution in [1.29, 1.82) is 0 Å². The van der Waals surface area contributed by atoms with Gasteiger partial charge in [0.1, 0.15) is 0 Å². The summed E-state index contributed by atoms with van der Waals surface area (Å²) in [5.74, 6) is 0. The topological polar surface area (TPSA) is 12.0 Å². The number of para-hydroxylation sites is 1. The van der Waals surface area contributed by atoms with Crippen molar-refractivity contribution in [2.45, 2.75) is 13.0 Å². The molecule has 0 bridgehead atoms.